The number of nitro benzene ring substituents is 1. The number of methoxy groups -OCH3 is 1. The van der Waals surface area contributed by atoms with Crippen molar-refractivity contribution in [3.63, 3.8) is 0 Å². The first-order valence-electron chi connectivity index (χ1n) is 6.74. The number of amides is 1. The number of rotatable bonds is 4. The second-order valence-electron chi connectivity index (χ2n) is 4.96. The smallest absolute Gasteiger partial charge is 0.273 e. The van der Waals surface area contributed by atoms with Gasteiger partial charge in [0.1, 0.15) is 5.75 Å². The SMILES string of the molecule is COc1cc(Cl)c(C)cc1NC(=O)c1cccc([N+](=O)[O-])c1C. The number of nitrogens with one attached hydrogen (secondary N) is 1. The van der Waals surface area contributed by atoms with E-state index in [9.17, 15) is 14.9 Å². The Hall–Kier alpha value is -2.60. The number of anilines is 1. The molecule has 6 nitrogen and oxygen atoms in total. The van der Waals surface area contributed by atoms with Crippen LogP contribution in [0.3, 0.4) is 0 Å². The Morgan fingerprint density at radius 3 is 2.61 bits per heavy atom. The molecule has 2 aromatic rings. The maximum Gasteiger partial charge on any atom is 0.273 e. The summed E-state index contributed by atoms with van der Waals surface area (Å²) in [5, 5.41) is 14.2. The number of benzene rings is 2. The lowest BCUT2D eigenvalue weighted by molar-refractivity contribution is -0.385. The molecule has 23 heavy (non-hydrogen) atoms. The fourth-order valence-corrected chi connectivity index (χ4v) is 2.34. The second kappa shape index (κ2) is 6.66. The molecule has 0 fully saturated rings. The third-order valence-corrected chi connectivity index (χ3v) is 3.88. The maximum absolute atomic E-state index is 12.5. The molecule has 0 bridgehead atoms. The fraction of sp³-hybridized carbons (Fsp3) is 0.188. The Bertz CT molecular complexity index is 790. The zero-order valence-corrected chi connectivity index (χ0v) is 13.6. The molecule has 0 atom stereocenters. The van der Waals surface area contributed by atoms with Gasteiger partial charge in [-0.2, -0.15) is 0 Å². The molecular formula is C16H15ClN2O4. The summed E-state index contributed by atoms with van der Waals surface area (Å²) in [7, 11) is 1.47. The molecule has 0 saturated carbocycles. The Balaban J connectivity index is 2.39. The molecule has 0 unspecified atom stereocenters. The molecule has 7 heteroatoms. The van der Waals surface area contributed by atoms with Crippen LogP contribution >= 0.6 is 11.6 Å². The van der Waals surface area contributed by atoms with Gasteiger partial charge in [0.05, 0.1) is 17.7 Å². The highest BCUT2D eigenvalue weighted by Crippen LogP contribution is 2.31. The van der Waals surface area contributed by atoms with Crippen LogP contribution in [-0.4, -0.2) is 17.9 Å². The van der Waals surface area contributed by atoms with Crippen LogP contribution in [0.2, 0.25) is 5.02 Å². The second-order valence-corrected chi connectivity index (χ2v) is 5.37. The monoisotopic (exact) mass is 334 g/mol. The molecule has 1 amide bonds. The van der Waals surface area contributed by atoms with Crippen LogP contribution in [0.25, 0.3) is 0 Å². The fourth-order valence-electron chi connectivity index (χ4n) is 2.19. The number of carbonyl (C=O) groups is 1. The van der Waals surface area contributed by atoms with E-state index in [1.807, 2.05) is 0 Å². The summed E-state index contributed by atoms with van der Waals surface area (Å²) in [5.74, 6) is -0.0387. The van der Waals surface area contributed by atoms with Crippen molar-refractivity contribution < 1.29 is 14.5 Å². The summed E-state index contributed by atoms with van der Waals surface area (Å²) in [6.07, 6.45) is 0. The number of nitro groups is 1. The van der Waals surface area contributed by atoms with Gasteiger partial charge in [0.25, 0.3) is 11.6 Å². The normalized spacial score (nSPS) is 10.3. The first-order valence-corrected chi connectivity index (χ1v) is 7.12. The van der Waals surface area contributed by atoms with E-state index in [1.54, 1.807) is 19.1 Å². The molecule has 0 saturated heterocycles. The Morgan fingerprint density at radius 1 is 1.30 bits per heavy atom. The topological polar surface area (TPSA) is 81.5 Å². The van der Waals surface area contributed by atoms with Gasteiger partial charge in [0, 0.05) is 28.3 Å². The zero-order chi connectivity index (χ0) is 17.1. The van der Waals surface area contributed by atoms with E-state index < -0.39 is 10.8 Å². The summed E-state index contributed by atoms with van der Waals surface area (Å²) in [5.41, 5.74) is 1.66. The number of carbonyl (C=O) groups excluding carboxylic acids is 1. The zero-order valence-electron chi connectivity index (χ0n) is 12.8. The highest BCUT2D eigenvalue weighted by molar-refractivity contribution is 6.31. The highest BCUT2D eigenvalue weighted by Gasteiger charge is 2.19. The van der Waals surface area contributed by atoms with Crippen molar-refractivity contribution >= 4 is 28.9 Å². The third kappa shape index (κ3) is 3.43. The summed E-state index contributed by atoms with van der Waals surface area (Å²) in [6.45, 7) is 3.34. The quantitative estimate of drug-likeness (QED) is 0.673. The van der Waals surface area contributed by atoms with E-state index in [1.165, 1.54) is 32.2 Å². The molecular weight excluding hydrogens is 320 g/mol. The van der Waals surface area contributed by atoms with Gasteiger partial charge < -0.3 is 10.1 Å². The number of nitrogens with zero attached hydrogens (tertiary/aromatic N) is 1. The lowest BCUT2D eigenvalue weighted by Crippen LogP contribution is -2.15. The van der Waals surface area contributed by atoms with Crippen molar-refractivity contribution in [3.8, 4) is 5.75 Å². The van der Waals surface area contributed by atoms with E-state index in [0.29, 0.717) is 22.0 Å². The molecule has 2 aromatic carbocycles. The minimum absolute atomic E-state index is 0.100. The first-order chi connectivity index (χ1) is 10.8. The van der Waals surface area contributed by atoms with Crippen molar-refractivity contribution in [1.82, 2.24) is 0 Å². The van der Waals surface area contributed by atoms with E-state index >= 15 is 0 Å². The maximum atomic E-state index is 12.5. The number of hydrogen-bond acceptors (Lipinski definition) is 4. The van der Waals surface area contributed by atoms with Gasteiger partial charge in [0.15, 0.2) is 0 Å². The van der Waals surface area contributed by atoms with E-state index in [4.69, 9.17) is 16.3 Å². The van der Waals surface area contributed by atoms with Crippen molar-refractivity contribution in [2.75, 3.05) is 12.4 Å². The summed E-state index contributed by atoms with van der Waals surface area (Å²) < 4.78 is 5.20. The van der Waals surface area contributed by atoms with Crippen LogP contribution < -0.4 is 10.1 Å². The minimum Gasteiger partial charge on any atom is -0.495 e. The molecule has 1 N–H and O–H groups in total. The Morgan fingerprint density at radius 2 is 2.00 bits per heavy atom. The van der Waals surface area contributed by atoms with Crippen LogP contribution in [0.1, 0.15) is 21.5 Å². The van der Waals surface area contributed by atoms with Crippen LogP contribution in [0.15, 0.2) is 30.3 Å². The summed E-state index contributed by atoms with van der Waals surface area (Å²) in [6, 6.07) is 7.66. The van der Waals surface area contributed by atoms with Gasteiger partial charge in [0.2, 0.25) is 0 Å². The van der Waals surface area contributed by atoms with Crippen LogP contribution in [0.5, 0.6) is 5.75 Å². The van der Waals surface area contributed by atoms with Crippen molar-refractivity contribution in [2.45, 2.75) is 13.8 Å². The van der Waals surface area contributed by atoms with Gasteiger partial charge in [-0.15, -0.1) is 0 Å². The van der Waals surface area contributed by atoms with Gasteiger partial charge in [-0.3, -0.25) is 14.9 Å². The average Bonchev–Trinajstić information content (AvgIpc) is 2.50. The molecule has 0 heterocycles. The summed E-state index contributed by atoms with van der Waals surface area (Å²) in [4.78, 5) is 22.9. The number of aryl methyl sites for hydroxylation is 1. The molecule has 0 aliphatic heterocycles. The molecule has 120 valence electrons. The lowest BCUT2D eigenvalue weighted by Gasteiger charge is -2.13. The Labute approximate surface area is 138 Å². The molecule has 0 radical (unpaired) electrons. The minimum atomic E-state index is -0.515. The highest BCUT2D eigenvalue weighted by atomic mass is 35.5. The lowest BCUT2D eigenvalue weighted by atomic mass is 10.1. The van der Waals surface area contributed by atoms with Crippen molar-refractivity contribution in [3.05, 3.63) is 62.2 Å². The molecule has 0 aliphatic carbocycles. The number of ether oxygens (including phenoxy) is 1. The molecule has 0 spiro atoms. The Kier molecular flexibility index (Phi) is 4.86. The van der Waals surface area contributed by atoms with Crippen LogP contribution in [0.4, 0.5) is 11.4 Å². The van der Waals surface area contributed by atoms with Gasteiger partial charge in [-0.05, 0) is 31.5 Å². The number of halogens is 1. The van der Waals surface area contributed by atoms with E-state index in [2.05, 4.69) is 5.32 Å². The van der Waals surface area contributed by atoms with E-state index in [0.717, 1.165) is 5.56 Å². The predicted octanol–water partition coefficient (Wildman–Crippen LogP) is 4.13. The standard InChI is InChI=1S/C16H15ClN2O4/c1-9-7-13(15(23-3)8-12(9)17)18-16(20)11-5-4-6-14(10(11)2)19(21)22/h4-8H,1-3H3,(H,18,20). The predicted molar refractivity (Wildman–Crippen MR) is 88.5 cm³/mol. The third-order valence-electron chi connectivity index (χ3n) is 3.48. The van der Waals surface area contributed by atoms with Gasteiger partial charge in [-0.25, -0.2) is 0 Å². The van der Waals surface area contributed by atoms with Crippen molar-refractivity contribution in [2.24, 2.45) is 0 Å². The van der Waals surface area contributed by atoms with Crippen LogP contribution in [0, 0.1) is 24.0 Å². The van der Waals surface area contributed by atoms with E-state index in [-0.39, 0.29) is 11.3 Å². The molecule has 2 rings (SSSR count). The van der Waals surface area contributed by atoms with Crippen LogP contribution in [-0.2, 0) is 0 Å². The van der Waals surface area contributed by atoms with Crippen molar-refractivity contribution in [1.29, 1.82) is 0 Å². The number of hydrogen-bond donors (Lipinski definition) is 1. The average molecular weight is 335 g/mol. The molecule has 0 aliphatic rings. The molecule has 0 aromatic heterocycles. The largest absolute Gasteiger partial charge is 0.495 e. The first kappa shape index (κ1) is 16.8. The summed E-state index contributed by atoms with van der Waals surface area (Å²) >= 11 is 6.03. The van der Waals surface area contributed by atoms with Gasteiger partial charge >= 0.3 is 0 Å². The van der Waals surface area contributed by atoms with Gasteiger partial charge in [-0.1, -0.05) is 17.7 Å².